The van der Waals surface area contributed by atoms with Crippen molar-refractivity contribution in [3.8, 4) is 0 Å². The van der Waals surface area contributed by atoms with Gasteiger partial charge in [-0.25, -0.2) is 4.39 Å². The van der Waals surface area contributed by atoms with Crippen LogP contribution in [-0.4, -0.2) is 6.54 Å². The fraction of sp³-hybridized carbons (Fsp3) is 0.538. The van der Waals surface area contributed by atoms with E-state index >= 15 is 0 Å². The largest absolute Gasteiger partial charge is 0.330 e. The number of nitrogens with two attached hydrogens (primary N) is 1. The lowest BCUT2D eigenvalue weighted by molar-refractivity contribution is 0.313. The Morgan fingerprint density at radius 3 is 2.56 bits per heavy atom. The third-order valence-corrected chi connectivity index (χ3v) is 3.50. The maximum atomic E-state index is 13.0. The Balaban J connectivity index is 2.57. The summed E-state index contributed by atoms with van der Waals surface area (Å²) in [5.74, 6) is -0.204. The first-order valence-corrected chi connectivity index (χ1v) is 6.38. The molecular weight excluding hydrogens is 269 g/mol. The van der Waals surface area contributed by atoms with Crippen molar-refractivity contribution < 1.29 is 4.39 Å². The molecule has 3 heteroatoms. The fourth-order valence-corrected chi connectivity index (χ4v) is 2.12. The second-order valence-corrected chi connectivity index (χ2v) is 5.81. The summed E-state index contributed by atoms with van der Waals surface area (Å²) >= 11 is 3.20. The molecule has 1 aromatic rings. The summed E-state index contributed by atoms with van der Waals surface area (Å²) in [6, 6.07) is 5.21. The van der Waals surface area contributed by atoms with Crippen LogP contribution < -0.4 is 5.73 Å². The Bertz CT molecular complexity index is 350. The van der Waals surface area contributed by atoms with Crippen LogP contribution in [0.4, 0.5) is 4.39 Å². The monoisotopic (exact) mass is 287 g/mol. The molecule has 90 valence electrons. The molecule has 0 spiro atoms. The molecule has 0 amide bonds. The van der Waals surface area contributed by atoms with Gasteiger partial charge in [-0.3, -0.25) is 0 Å². The maximum Gasteiger partial charge on any atom is 0.137 e. The van der Waals surface area contributed by atoms with Gasteiger partial charge in [0.15, 0.2) is 0 Å². The van der Waals surface area contributed by atoms with Gasteiger partial charge in [-0.05, 0) is 64.8 Å². The summed E-state index contributed by atoms with van der Waals surface area (Å²) in [5.41, 5.74) is 7.00. The Kier molecular flexibility index (Phi) is 4.93. The molecule has 0 aliphatic heterocycles. The van der Waals surface area contributed by atoms with E-state index in [1.54, 1.807) is 0 Å². The lowest BCUT2D eigenvalue weighted by Crippen LogP contribution is -2.17. The number of rotatable bonds is 5. The van der Waals surface area contributed by atoms with E-state index in [2.05, 4.69) is 29.8 Å². The van der Waals surface area contributed by atoms with Gasteiger partial charge in [-0.1, -0.05) is 19.9 Å². The molecule has 0 aliphatic rings. The van der Waals surface area contributed by atoms with E-state index < -0.39 is 0 Å². The van der Waals surface area contributed by atoms with E-state index in [1.807, 2.05) is 12.1 Å². The van der Waals surface area contributed by atoms with Crippen molar-refractivity contribution >= 4 is 15.9 Å². The average molecular weight is 288 g/mol. The predicted molar refractivity (Wildman–Crippen MR) is 69.9 cm³/mol. The van der Waals surface area contributed by atoms with Crippen molar-refractivity contribution in [3.05, 3.63) is 34.1 Å². The van der Waals surface area contributed by atoms with Gasteiger partial charge in [-0.2, -0.15) is 0 Å². The van der Waals surface area contributed by atoms with E-state index in [0.29, 0.717) is 4.47 Å². The molecule has 0 radical (unpaired) electrons. The topological polar surface area (TPSA) is 26.0 Å². The first-order chi connectivity index (χ1) is 7.44. The first-order valence-electron chi connectivity index (χ1n) is 5.58. The van der Waals surface area contributed by atoms with Gasteiger partial charge in [0, 0.05) is 0 Å². The van der Waals surface area contributed by atoms with Gasteiger partial charge in [-0.15, -0.1) is 0 Å². The van der Waals surface area contributed by atoms with Crippen molar-refractivity contribution in [2.24, 2.45) is 11.1 Å². The predicted octanol–water partition coefficient (Wildman–Crippen LogP) is 3.90. The van der Waals surface area contributed by atoms with Crippen LogP contribution in [0.3, 0.4) is 0 Å². The Hall–Kier alpha value is -0.410. The highest BCUT2D eigenvalue weighted by Crippen LogP contribution is 2.27. The zero-order valence-electron chi connectivity index (χ0n) is 9.89. The summed E-state index contributed by atoms with van der Waals surface area (Å²) in [5, 5.41) is 0. The molecule has 0 unspecified atom stereocenters. The number of hydrogen-bond acceptors (Lipinski definition) is 1. The summed E-state index contributed by atoms with van der Waals surface area (Å²) in [7, 11) is 0. The number of halogens is 2. The highest BCUT2D eigenvalue weighted by atomic mass is 79.9. The molecule has 0 aliphatic carbocycles. The first kappa shape index (κ1) is 13.7. The van der Waals surface area contributed by atoms with Crippen molar-refractivity contribution in [2.75, 3.05) is 6.54 Å². The summed E-state index contributed by atoms with van der Waals surface area (Å²) < 4.78 is 13.6. The Morgan fingerprint density at radius 2 is 2.00 bits per heavy atom. The molecule has 0 atom stereocenters. The van der Waals surface area contributed by atoms with E-state index in [9.17, 15) is 4.39 Å². The number of benzene rings is 1. The molecule has 1 aromatic carbocycles. The van der Waals surface area contributed by atoms with Crippen LogP contribution in [-0.2, 0) is 6.42 Å². The van der Waals surface area contributed by atoms with Crippen LogP contribution in [0.25, 0.3) is 0 Å². The van der Waals surface area contributed by atoms with Gasteiger partial charge in [0.05, 0.1) is 4.47 Å². The lowest BCUT2D eigenvalue weighted by atomic mass is 9.83. The SMILES string of the molecule is CC(C)(CCN)CCc1ccc(F)c(Br)c1. The van der Waals surface area contributed by atoms with E-state index in [-0.39, 0.29) is 11.2 Å². The quantitative estimate of drug-likeness (QED) is 0.873. The van der Waals surface area contributed by atoms with Crippen LogP contribution >= 0.6 is 15.9 Å². The Morgan fingerprint density at radius 1 is 1.31 bits per heavy atom. The minimum absolute atomic E-state index is 0.204. The van der Waals surface area contributed by atoms with Gasteiger partial charge >= 0.3 is 0 Å². The van der Waals surface area contributed by atoms with Gasteiger partial charge in [0.2, 0.25) is 0 Å². The summed E-state index contributed by atoms with van der Waals surface area (Å²) in [4.78, 5) is 0. The summed E-state index contributed by atoms with van der Waals surface area (Å²) in [6.07, 6.45) is 3.06. The smallest absolute Gasteiger partial charge is 0.137 e. The van der Waals surface area contributed by atoms with Crippen LogP contribution in [0.2, 0.25) is 0 Å². The van der Waals surface area contributed by atoms with Crippen molar-refractivity contribution in [1.82, 2.24) is 0 Å². The second-order valence-electron chi connectivity index (χ2n) is 4.95. The molecule has 0 bridgehead atoms. The average Bonchev–Trinajstić information content (AvgIpc) is 2.20. The van der Waals surface area contributed by atoms with E-state index in [1.165, 1.54) is 11.6 Å². The van der Waals surface area contributed by atoms with Gasteiger partial charge in [0.1, 0.15) is 5.82 Å². The highest BCUT2D eigenvalue weighted by molar-refractivity contribution is 9.10. The van der Waals surface area contributed by atoms with Crippen molar-refractivity contribution in [1.29, 1.82) is 0 Å². The highest BCUT2D eigenvalue weighted by Gasteiger charge is 2.16. The molecule has 0 fully saturated rings. The maximum absolute atomic E-state index is 13.0. The zero-order chi connectivity index (χ0) is 12.2. The third kappa shape index (κ3) is 4.22. The van der Waals surface area contributed by atoms with Crippen LogP contribution in [0, 0.1) is 11.2 Å². The van der Waals surface area contributed by atoms with E-state index in [0.717, 1.165) is 25.8 Å². The Labute approximate surface area is 105 Å². The number of hydrogen-bond donors (Lipinski definition) is 1. The number of aryl methyl sites for hydroxylation is 1. The molecule has 1 nitrogen and oxygen atoms in total. The van der Waals surface area contributed by atoms with Crippen LogP contribution in [0.5, 0.6) is 0 Å². The third-order valence-electron chi connectivity index (χ3n) is 2.90. The fourth-order valence-electron chi connectivity index (χ4n) is 1.69. The van der Waals surface area contributed by atoms with Crippen LogP contribution in [0.15, 0.2) is 22.7 Å². The minimum atomic E-state index is -0.204. The molecule has 0 heterocycles. The molecule has 16 heavy (non-hydrogen) atoms. The molecule has 0 saturated heterocycles. The molecule has 0 saturated carbocycles. The standard InChI is InChI=1S/C13H19BrFN/c1-13(2,7-8-16)6-5-10-3-4-12(15)11(14)9-10/h3-4,9H,5-8,16H2,1-2H3. The van der Waals surface area contributed by atoms with Gasteiger partial charge < -0.3 is 5.73 Å². The lowest BCUT2D eigenvalue weighted by Gasteiger charge is -2.23. The minimum Gasteiger partial charge on any atom is -0.330 e. The molecule has 0 aromatic heterocycles. The van der Waals surface area contributed by atoms with Crippen LogP contribution in [0.1, 0.15) is 32.3 Å². The normalized spacial score (nSPS) is 11.8. The van der Waals surface area contributed by atoms with Crippen molar-refractivity contribution in [3.63, 3.8) is 0 Å². The second kappa shape index (κ2) is 5.78. The molecule has 1 rings (SSSR count). The van der Waals surface area contributed by atoms with Gasteiger partial charge in [0.25, 0.3) is 0 Å². The molecular formula is C13H19BrFN. The summed E-state index contributed by atoms with van der Waals surface area (Å²) in [6.45, 7) is 5.16. The molecule has 2 N–H and O–H groups in total. The zero-order valence-corrected chi connectivity index (χ0v) is 11.5. The van der Waals surface area contributed by atoms with E-state index in [4.69, 9.17) is 5.73 Å². The van der Waals surface area contributed by atoms with Crippen molar-refractivity contribution in [2.45, 2.75) is 33.1 Å².